The van der Waals surface area contributed by atoms with Gasteiger partial charge in [-0.25, -0.2) is 4.39 Å². The highest BCUT2D eigenvalue weighted by Gasteiger charge is 2.44. The van der Waals surface area contributed by atoms with Crippen molar-refractivity contribution in [3.63, 3.8) is 0 Å². The summed E-state index contributed by atoms with van der Waals surface area (Å²) in [4.78, 5) is 0. The predicted molar refractivity (Wildman–Crippen MR) is 133 cm³/mol. The molecule has 5 rings (SSSR count). The molecule has 0 aromatic heterocycles. The van der Waals surface area contributed by atoms with Crippen LogP contribution in [0.1, 0.15) is 40.0 Å². The van der Waals surface area contributed by atoms with Crippen molar-refractivity contribution in [1.29, 1.82) is 0 Å². The molecule has 0 spiro atoms. The minimum atomic E-state index is -1.49. The molecule has 1 saturated heterocycles. The Morgan fingerprint density at radius 1 is 0.973 bits per heavy atom. The molecule has 0 saturated carbocycles. The van der Waals surface area contributed by atoms with Gasteiger partial charge in [0.1, 0.15) is 43.2 Å². The van der Waals surface area contributed by atoms with E-state index in [0.29, 0.717) is 34.7 Å². The summed E-state index contributed by atoms with van der Waals surface area (Å²) in [7, 11) is 0. The summed E-state index contributed by atoms with van der Waals surface area (Å²) in [5.74, 6) is -0.386. The number of halogens is 2. The summed E-state index contributed by atoms with van der Waals surface area (Å²) in [5, 5.41) is 40.5. The molecule has 0 radical (unpaired) electrons. The van der Waals surface area contributed by atoms with Gasteiger partial charge in [-0.05, 0) is 52.4 Å². The number of hydrogen-bond acceptors (Lipinski definition) is 7. The maximum absolute atomic E-state index is 14.9. The summed E-state index contributed by atoms with van der Waals surface area (Å²) in [6, 6.07) is 17.5. The molecule has 6 atom stereocenters. The molecule has 2 heterocycles. The summed E-state index contributed by atoms with van der Waals surface area (Å²) in [5.41, 5.74) is 3.97. The molecular formula is C28H28ClFO7. The van der Waals surface area contributed by atoms with Crippen LogP contribution < -0.4 is 4.74 Å². The fraction of sp³-hybridized carbons (Fsp3) is 0.357. The number of hydrogen-bond donors (Lipinski definition) is 4. The lowest BCUT2D eigenvalue weighted by Gasteiger charge is -2.40. The molecule has 1 fully saturated rings. The van der Waals surface area contributed by atoms with Gasteiger partial charge in [0.05, 0.1) is 13.2 Å². The number of rotatable bonds is 7. The first kappa shape index (κ1) is 26.1. The highest BCUT2D eigenvalue weighted by Crippen LogP contribution is 2.35. The number of benzene rings is 3. The zero-order valence-corrected chi connectivity index (χ0v) is 20.6. The van der Waals surface area contributed by atoms with Crippen LogP contribution in [0.3, 0.4) is 0 Å². The molecule has 7 nitrogen and oxygen atoms in total. The largest absolute Gasteiger partial charge is 0.487 e. The molecule has 0 amide bonds. The van der Waals surface area contributed by atoms with Crippen LogP contribution in [0.25, 0.3) is 0 Å². The van der Waals surface area contributed by atoms with Crippen LogP contribution in [0.4, 0.5) is 4.39 Å². The van der Waals surface area contributed by atoms with Gasteiger partial charge >= 0.3 is 0 Å². The van der Waals surface area contributed by atoms with Crippen LogP contribution in [0, 0.1) is 5.82 Å². The van der Waals surface area contributed by atoms with Gasteiger partial charge in [-0.1, -0.05) is 54.1 Å². The van der Waals surface area contributed by atoms with Gasteiger partial charge in [0.25, 0.3) is 0 Å². The Bertz CT molecular complexity index is 1250. The molecule has 37 heavy (non-hydrogen) atoms. The monoisotopic (exact) mass is 530 g/mol. The lowest BCUT2D eigenvalue weighted by atomic mass is 9.90. The van der Waals surface area contributed by atoms with Gasteiger partial charge in [-0.15, -0.1) is 0 Å². The fourth-order valence-electron chi connectivity index (χ4n) is 4.84. The number of fused-ring (bicyclic) bond motifs is 1. The van der Waals surface area contributed by atoms with E-state index >= 15 is 0 Å². The first-order valence-corrected chi connectivity index (χ1v) is 12.4. The SMILES string of the molecule is OC[C@H]1O[C@@H](c2ccc(Cl)c(Cc3ccc(OCC4OCc5ccccc54)c(F)c3)c2)[C@H](O)[C@@H](O)[C@@H]1O. The van der Waals surface area contributed by atoms with Crippen LogP contribution >= 0.6 is 11.6 Å². The van der Waals surface area contributed by atoms with E-state index in [1.54, 1.807) is 30.3 Å². The third kappa shape index (κ3) is 5.37. The van der Waals surface area contributed by atoms with Crippen molar-refractivity contribution < 1.29 is 39.0 Å². The van der Waals surface area contributed by atoms with Gasteiger partial charge in [0, 0.05) is 5.02 Å². The quantitative estimate of drug-likeness (QED) is 0.371. The van der Waals surface area contributed by atoms with Crippen molar-refractivity contribution in [3.05, 3.63) is 99.3 Å². The van der Waals surface area contributed by atoms with Gasteiger partial charge in [0.2, 0.25) is 0 Å². The first-order chi connectivity index (χ1) is 17.9. The normalized spacial score (nSPS) is 27.2. The van der Waals surface area contributed by atoms with Gasteiger partial charge < -0.3 is 34.6 Å². The van der Waals surface area contributed by atoms with Crippen molar-refractivity contribution in [2.75, 3.05) is 13.2 Å². The number of aliphatic hydroxyl groups excluding tert-OH is 4. The van der Waals surface area contributed by atoms with E-state index in [9.17, 15) is 24.8 Å². The standard InChI is InChI=1S/C28H28ClFO7/c29-20-7-6-16(28-27(34)26(33)25(32)23(12-31)37-28)11-18(20)9-15-5-8-22(21(30)10-15)36-14-24-19-4-2-1-3-17(19)13-35-24/h1-8,10-11,23-28,31-34H,9,12-14H2/t23-,24?,25-,26+,27-,28+/m1/s1. The lowest BCUT2D eigenvalue weighted by molar-refractivity contribution is -0.231. The van der Waals surface area contributed by atoms with Crippen molar-refractivity contribution in [2.45, 2.75) is 49.7 Å². The van der Waals surface area contributed by atoms with Gasteiger partial charge in [-0.3, -0.25) is 0 Å². The maximum Gasteiger partial charge on any atom is 0.165 e. The molecule has 196 valence electrons. The minimum Gasteiger partial charge on any atom is -0.487 e. The van der Waals surface area contributed by atoms with Crippen LogP contribution in [-0.4, -0.2) is 58.1 Å². The molecule has 4 N–H and O–H groups in total. The second-order valence-corrected chi connectivity index (χ2v) is 9.76. The first-order valence-electron chi connectivity index (χ1n) is 12.0. The van der Waals surface area contributed by atoms with Crippen molar-refractivity contribution in [2.24, 2.45) is 0 Å². The molecule has 0 aliphatic carbocycles. The number of ether oxygens (including phenoxy) is 3. The molecular weight excluding hydrogens is 503 g/mol. The Balaban J connectivity index is 1.28. The summed E-state index contributed by atoms with van der Waals surface area (Å²) in [6.07, 6.45) is -6.30. The molecule has 1 unspecified atom stereocenters. The summed E-state index contributed by atoms with van der Waals surface area (Å²) in [6.45, 7) is 0.184. The Labute approximate surface area is 218 Å². The second-order valence-electron chi connectivity index (χ2n) is 9.35. The van der Waals surface area contributed by atoms with Gasteiger partial charge in [0.15, 0.2) is 11.6 Å². The van der Waals surface area contributed by atoms with E-state index in [4.69, 9.17) is 25.8 Å². The summed E-state index contributed by atoms with van der Waals surface area (Å²) >= 11 is 6.40. The predicted octanol–water partition coefficient (Wildman–Crippen LogP) is 3.24. The Morgan fingerprint density at radius 3 is 2.57 bits per heavy atom. The Morgan fingerprint density at radius 2 is 1.78 bits per heavy atom. The van der Waals surface area contributed by atoms with Crippen LogP contribution in [-0.2, 0) is 22.5 Å². The zero-order valence-electron chi connectivity index (χ0n) is 19.8. The van der Waals surface area contributed by atoms with E-state index in [1.807, 2.05) is 24.3 Å². The highest BCUT2D eigenvalue weighted by atomic mass is 35.5. The second kappa shape index (κ2) is 11.0. The smallest absolute Gasteiger partial charge is 0.165 e. The van der Waals surface area contributed by atoms with E-state index in [1.165, 1.54) is 6.07 Å². The lowest BCUT2D eigenvalue weighted by Crippen LogP contribution is -2.55. The van der Waals surface area contributed by atoms with E-state index in [2.05, 4.69) is 0 Å². The average molecular weight is 531 g/mol. The third-order valence-electron chi connectivity index (χ3n) is 6.91. The van der Waals surface area contributed by atoms with Crippen LogP contribution in [0.5, 0.6) is 5.75 Å². The Hall–Kier alpha value is -2.56. The molecule has 0 bridgehead atoms. The average Bonchev–Trinajstić information content (AvgIpc) is 3.31. The zero-order chi connectivity index (χ0) is 26.1. The van der Waals surface area contributed by atoms with E-state index in [-0.39, 0.29) is 18.5 Å². The van der Waals surface area contributed by atoms with Crippen LogP contribution in [0.15, 0.2) is 60.7 Å². The van der Waals surface area contributed by atoms with E-state index in [0.717, 1.165) is 11.1 Å². The third-order valence-corrected chi connectivity index (χ3v) is 7.28. The number of aliphatic hydroxyl groups is 4. The minimum absolute atomic E-state index is 0.123. The highest BCUT2D eigenvalue weighted by molar-refractivity contribution is 6.31. The molecule has 3 aromatic carbocycles. The molecule has 2 aliphatic heterocycles. The molecule has 9 heteroatoms. The van der Waals surface area contributed by atoms with Crippen molar-refractivity contribution in [3.8, 4) is 5.75 Å². The Kier molecular flexibility index (Phi) is 7.78. The maximum atomic E-state index is 14.9. The fourth-order valence-corrected chi connectivity index (χ4v) is 5.02. The molecule has 3 aromatic rings. The summed E-state index contributed by atoms with van der Waals surface area (Å²) < 4.78 is 32.0. The van der Waals surface area contributed by atoms with Crippen LogP contribution in [0.2, 0.25) is 5.02 Å². The molecule has 2 aliphatic rings. The van der Waals surface area contributed by atoms with Crippen molar-refractivity contribution in [1.82, 2.24) is 0 Å². The topological polar surface area (TPSA) is 109 Å². The van der Waals surface area contributed by atoms with Crippen molar-refractivity contribution >= 4 is 11.6 Å². The van der Waals surface area contributed by atoms with Gasteiger partial charge in [-0.2, -0.15) is 0 Å². The van der Waals surface area contributed by atoms with E-state index < -0.39 is 42.9 Å².